The van der Waals surface area contributed by atoms with Crippen LogP contribution < -0.4 is 0 Å². The van der Waals surface area contributed by atoms with Crippen molar-refractivity contribution < 1.29 is 19.1 Å². The molecule has 1 aromatic rings. The Morgan fingerprint density at radius 3 is 2.62 bits per heavy atom. The van der Waals surface area contributed by atoms with Crippen molar-refractivity contribution in [1.29, 1.82) is 0 Å². The molecule has 21 heavy (non-hydrogen) atoms. The van der Waals surface area contributed by atoms with Crippen LogP contribution in [-0.4, -0.2) is 49.7 Å². The number of benzene rings is 1. The second-order valence-electron chi connectivity index (χ2n) is 5.29. The number of carbonyl (C=O) groups excluding carboxylic acids is 2. The predicted molar refractivity (Wildman–Crippen MR) is 78.2 cm³/mol. The molecule has 0 aliphatic carbocycles. The SMILES string of the molecule is COC(=O)CC1CN(C(=O)c2c(C)cccc2C)CCO1. The minimum atomic E-state index is -0.318. The first-order chi connectivity index (χ1) is 10.0. The number of rotatable bonds is 3. The first-order valence-electron chi connectivity index (χ1n) is 7.07. The molecule has 1 amide bonds. The Hall–Kier alpha value is -1.88. The van der Waals surface area contributed by atoms with Gasteiger partial charge in [0.1, 0.15) is 0 Å². The molecule has 1 aliphatic rings. The van der Waals surface area contributed by atoms with Crippen LogP contribution in [0, 0.1) is 13.8 Å². The van der Waals surface area contributed by atoms with E-state index in [1.165, 1.54) is 7.11 Å². The molecule has 0 aromatic heterocycles. The lowest BCUT2D eigenvalue weighted by atomic mass is 10.0. The normalized spacial score (nSPS) is 18.4. The van der Waals surface area contributed by atoms with Gasteiger partial charge in [-0.15, -0.1) is 0 Å². The van der Waals surface area contributed by atoms with E-state index >= 15 is 0 Å². The number of hydrogen-bond donors (Lipinski definition) is 0. The summed E-state index contributed by atoms with van der Waals surface area (Å²) in [6.07, 6.45) is -0.119. The largest absolute Gasteiger partial charge is 0.469 e. The van der Waals surface area contributed by atoms with Crippen molar-refractivity contribution in [2.75, 3.05) is 26.8 Å². The molecule has 1 saturated heterocycles. The summed E-state index contributed by atoms with van der Waals surface area (Å²) >= 11 is 0. The molecule has 1 fully saturated rings. The summed E-state index contributed by atoms with van der Waals surface area (Å²) in [5.41, 5.74) is 2.68. The van der Waals surface area contributed by atoms with Crippen LogP contribution >= 0.6 is 0 Å². The van der Waals surface area contributed by atoms with Gasteiger partial charge >= 0.3 is 5.97 Å². The van der Waals surface area contributed by atoms with Gasteiger partial charge < -0.3 is 14.4 Å². The molecule has 0 spiro atoms. The van der Waals surface area contributed by atoms with E-state index in [4.69, 9.17) is 4.74 Å². The van der Waals surface area contributed by atoms with Crippen LogP contribution in [0.5, 0.6) is 0 Å². The van der Waals surface area contributed by atoms with Crippen molar-refractivity contribution in [3.63, 3.8) is 0 Å². The fraction of sp³-hybridized carbons (Fsp3) is 0.500. The van der Waals surface area contributed by atoms with E-state index in [-0.39, 0.29) is 24.4 Å². The fourth-order valence-electron chi connectivity index (χ4n) is 2.61. The molecule has 1 aromatic carbocycles. The lowest BCUT2D eigenvalue weighted by molar-refractivity contribution is -0.145. The first-order valence-corrected chi connectivity index (χ1v) is 7.07. The fourth-order valence-corrected chi connectivity index (χ4v) is 2.61. The zero-order chi connectivity index (χ0) is 15.4. The number of morpholine rings is 1. The average molecular weight is 291 g/mol. The zero-order valence-corrected chi connectivity index (χ0v) is 12.7. The Bertz CT molecular complexity index is 521. The molecule has 1 aliphatic heterocycles. The standard InChI is InChI=1S/C16H21NO4/c1-11-5-4-6-12(2)15(11)16(19)17-7-8-21-13(10-17)9-14(18)20-3/h4-6,13H,7-10H2,1-3H3. The highest BCUT2D eigenvalue weighted by Crippen LogP contribution is 2.18. The van der Waals surface area contributed by atoms with Gasteiger partial charge in [-0.25, -0.2) is 0 Å². The summed E-state index contributed by atoms with van der Waals surface area (Å²) in [7, 11) is 1.35. The molecule has 2 rings (SSSR count). The Kier molecular flexibility index (Phi) is 4.96. The molecule has 5 nitrogen and oxygen atoms in total. The molecule has 0 saturated carbocycles. The lowest BCUT2D eigenvalue weighted by Crippen LogP contribution is -2.46. The van der Waals surface area contributed by atoms with Crippen molar-refractivity contribution in [3.05, 3.63) is 34.9 Å². The van der Waals surface area contributed by atoms with Crippen LogP contribution in [0.2, 0.25) is 0 Å². The van der Waals surface area contributed by atoms with Crippen molar-refractivity contribution in [3.8, 4) is 0 Å². The third-order valence-corrected chi connectivity index (χ3v) is 3.74. The van der Waals surface area contributed by atoms with Crippen molar-refractivity contribution in [1.82, 2.24) is 4.90 Å². The van der Waals surface area contributed by atoms with E-state index < -0.39 is 0 Å². The second kappa shape index (κ2) is 6.72. The molecular weight excluding hydrogens is 270 g/mol. The Morgan fingerprint density at radius 1 is 1.33 bits per heavy atom. The number of carbonyl (C=O) groups is 2. The van der Waals surface area contributed by atoms with Gasteiger partial charge in [-0.05, 0) is 25.0 Å². The summed E-state index contributed by atoms with van der Waals surface area (Å²) in [6, 6.07) is 5.82. The number of ether oxygens (including phenoxy) is 2. The molecule has 0 bridgehead atoms. The Morgan fingerprint density at radius 2 is 2.00 bits per heavy atom. The van der Waals surface area contributed by atoms with Crippen LogP contribution in [0.25, 0.3) is 0 Å². The van der Waals surface area contributed by atoms with Crippen molar-refractivity contribution >= 4 is 11.9 Å². The molecule has 0 N–H and O–H groups in total. The van der Waals surface area contributed by atoms with Gasteiger partial charge in [0.2, 0.25) is 0 Å². The van der Waals surface area contributed by atoms with Gasteiger partial charge in [0.15, 0.2) is 0 Å². The maximum absolute atomic E-state index is 12.7. The molecule has 1 atom stereocenters. The van der Waals surface area contributed by atoms with Crippen LogP contribution in [0.4, 0.5) is 0 Å². The van der Waals surface area contributed by atoms with Crippen molar-refractivity contribution in [2.24, 2.45) is 0 Å². The molecule has 114 valence electrons. The summed E-state index contributed by atoms with van der Waals surface area (Å²) in [4.78, 5) is 25.8. The number of nitrogens with zero attached hydrogens (tertiary/aromatic N) is 1. The quantitative estimate of drug-likeness (QED) is 0.796. The van der Waals surface area contributed by atoms with Crippen LogP contribution in [0.15, 0.2) is 18.2 Å². The van der Waals surface area contributed by atoms with Gasteiger partial charge in [-0.1, -0.05) is 18.2 Å². The van der Waals surface area contributed by atoms with Crippen molar-refractivity contribution in [2.45, 2.75) is 26.4 Å². The van der Waals surface area contributed by atoms with E-state index in [0.717, 1.165) is 16.7 Å². The molecular formula is C16H21NO4. The van der Waals surface area contributed by atoms with Crippen LogP contribution in [0.1, 0.15) is 27.9 Å². The second-order valence-corrected chi connectivity index (χ2v) is 5.29. The van der Waals surface area contributed by atoms with Crippen LogP contribution in [-0.2, 0) is 14.3 Å². The smallest absolute Gasteiger partial charge is 0.308 e. The monoisotopic (exact) mass is 291 g/mol. The topological polar surface area (TPSA) is 55.8 Å². The first kappa shape index (κ1) is 15.5. The highest BCUT2D eigenvalue weighted by Gasteiger charge is 2.28. The van der Waals surface area contributed by atoms with Gasteiger partial charge in [0.25, 0.3) is 5.91 Å². The molecule has 1 heterocycles. The van der Waals surface area contributed by atoms with Gasteiger partial charge in [-0.2, -0.15) is 0 Å². The molecule has 0 radical (unpaired) electrons. The van der Waals surface area contributed by atoms with Gasteiger partial charge in [0, 0.05) is 18.7 Å². The minimum Gasteiger partial charge on any atom is -0.469 e. The number of aryl methyl sites for hydroxylation is 2. The lowest BCUT2D eigenvalue weighted by Gasteiger charge is -2.33. The number of esters is 1. The third-order valence-electron chi connectivity index (χ3n) is 3.74. The maximum Gasteiger partial charge on any atom is 0.308 e. The average Bonchev–Trinajstić information content (AvgIpc) is 2.47. The zero-order valence-electron chi connectivity index (χ0n) is 12.7. The predicted octanol–water partition coefficient (Wildman–Crippen LogP) is 1.71. The van der Waals surface area contributed by atoms with Crippen LogP contribution in [0.3, 0.4) is 0 Å². The van der Waals surface area contributed by atoms with Gasteiger partial charge in [-0.3, -0.25) is 9.59 Å². The summed E-state index contributed by atoms with van der Waals surface area (Å²) < 4.78 is 10.2. The summed E-state index contributed by atoms with van der Waals surface area (Å²) in [5, 5.41) is 0. The number of methoxy groups -OCH3 is 1. The number of amides is 1. The molecule has 5 heteroatoms. The van der Waals surface area contributed by atoms with Gasteiger partial charge in [0.05, 0.1) is 26.2 Å². The maximum atomic E-state index is 12.7. The highest BCUT2D eigenvalue weighted by atomic mass is 16.5. The van der Waals surface area contributed by atoms with E-state index in [9.17, 15) is 9.59 Å². The highest BCUT2D eigenvalue weighted by molar-refractivity contribution is 5.97. The Labute approximate surface area is 124 Å². The number of hydrogen-bond acceptors (Lipinski definition) is 4. The minimum absolute atomic E-state index is 0.00349. The van der Waals surface area contributed by atoms with E-state index in [1.54, 1.807) is 4.90 Å². The summed E-state index contributed by atoms with van der Waals surface area (Å²) in [5.74, 6) is -0.315. The Balaban J connectivity index is 2.10. The van der Waals surface area contributed by atoms with E-state index in [0.29, 0.717) is 19.7 Å². The van der Waals surface area contributed by atoms with E-state index in [2.05, 4.69) is 4.74 Å². The van der Waals surface area contributed by atoms with E-state index in [1.807, 2.05) is 32.0 Å². The third kappa shape index (κ3) is 3.61. The summed E-state index contributed by atoms with van der Waals surface area (Å²) in [6.45, 7) is 5.28. The molecule has 1 unspecified atom stereocenters.